The molecule has 3 rings (SSSR count). The lowest BCUT2D eigenvalue weighted by Gasteiger charge is -2.16. The number of carbonyl (C=O) groups is 2. The van der Waals surface area contributed by atoms with Crippen LogP contribution in [0.5, 0.6) is 5.75 Å². The number of benzene rings is 2. The van der Waals surface area contributed by atoms with Crippen molar-refractivity contribution >= 4 is 34.1 Å². The largest absolute Gasteiger partial charge is 0.494 e. The second kappa shape index (κ2) is 10.5. The third kappa shape index (κ3) is 6.01. The maximum Gasteiger partial charge on any atom is 0.270 e. The van der Waals surface area contributed by atoms with Gasteiger partial charge in [0.25, 0.3) is 5.91 Å². The number of unbranched alkanes of at least 4 members (excludes halogenated alkanes) is 2. The van der Waals surface area contributed by atoms with E-state index in [0.29, 0.717) is 36.6 Å². The van der Waals surface area contributed by atoms with E-state index < -0.39 is 0 Å². The van der Waals surface area contributed by atoms with Crippen LogP contribution in [0.3, 0.4) is 0 Å². The first-order valence-electron chi connectivity index (χ1n) is 10.6. The monoisotopic (exact) mass is 422 g/mol. The molecule has 3 aromatic rings. The molecule has 4 N–H and O–H groups in total. The number of amides is 2. The minimum absolute atomic E-state index is 0.0492. The number of ether oxygens (including phenoxy) is 1. The molecular formula is C24H30N4O3. The van der Waals surface area contributed by atoms with Crippen molar-refractivity contribution < 1.29 is 14.3 Å². The van der Waals surface area contributed by atoms with Gasteiger partial charge in [-0.25, -0.2) is 0 Å². The molecule has 0 spiro atoms. The predicted molar refractivity (Wildman–Crippen MR) is 124 cm³/mol. The van der Waals surface area contributed by atoms with Gasteiger partial charge in [0, 0.05) is 30.9 Å². The maximum atomic E-state index is 12.7. The van der Waals surface area contributed by atoms with Gasteiger partial charge in [0.1, 0.15) is 11.4 Å². The number of aromatic nitrogens is 1. The molecule has 164 valence electrons. The van der Waals surface area contributed by atoms with Crippen molar-refractivity contribution in [3.05, 3.63) is 54.2 Å². The number of nitrogens with one attached hydrogen (secondary N) is 2. The van der Waals surface area contributed by atoms with Crippen LogP contribution in [0.4, 0.5) is 11.4 Å². The number of anilines is 2. The number of hydrogen-bond donors (Lipinski definition) is 3. The molecule has 31 heavy (non-hydrogen) atoms. The van der Waals surface area contributed by atoms with Crippen molar-refractivity contribution in [1.82, 2.24) is 9.88 Å². The smallest absolute Gasteiger partial charge is 0.270 e. The Bertz CT molecular complexity index is 1040. The number of carbonyl (C=O) groups excluding carboxylic acids is 2. The molecule has 0 aliphatic heterocycles. The van der Waals surface area contributed by atoms with E-state index in [4.69, 9.17) is 10.5 Å². The average Bonchev–Trinajstić information content (AvgIpc) is 3.18. The van der Waals surface area contributed by atoms with E-state index in [1.807, 2.05) is 43.3 Å². The van der Waals surface area contributed by atoms with Gasteiger partial charge in [-0.05, 0) is 56.2 Å². The highest BCUT2D eigenvalue weighted by atomic mass is 16.5. The summed E-state index contributed by atoms with van der Waals surface area (Å²) in [4.78, 5) is 29.7. The highest BCUT2D eigenvalue weighted by Gasteiger charge is 2.14. The molecule has 2 amide bonds. The molecular weight excluding hydrogens is 392 g/mol. The van der Waals surface area contributed by atoms with Crippen LogP contribution in [0.1, 0.15) is 43.1 Å². The first kappa shape index (κ1) is 22.2. The molecule has 1 heterocycles. The van der Waals surface area contributed by atoms with E-state index in [9.17, 15) is 9.59 Å². The van der Waals surface area contributed by atoms with Crippen LogP contribution in [0.2, 0.25) is 0 Å². The van der Waals surface area contributed by atoms with E-state index in [0.717, 1.165) is 35.9 Å². The Labute approximate surface area is 182 Å². The molecule has 7 heteroatoms. The molecule has 0 saturated carbocycles. The summed E-state index contributed by atoms with van der Waals surface area (Å²) in [5.41, 5.74) is 8.51. The average molecular weight is 423 g/mol. The van der Waals surface area contributed by atoms with Crippen LogP contribution < -0.4 is 15.8 Å². The summed E-state index contributed by atoms with van der Waals surface area (Å²) in [6.45, 7) is 3.18. The Kier molecular flexibility index (Phi) is 7.54. The van der Waals surface area contributed by atoms with Gasteiger partial charge in [-0.2, -0.15) is 0 Å². The number of para-hydroxylation sites is 2. The molecule has 0 saturated heterocycles. The van der Waals surface area contributed by atoms with Gasteiger partial charge >= 0.3 is 0 Å². The van der Waals surface area contributed by atoms with Gasteiger partial charge in [0.2, 0.25) is 5.91 Å². The zero-order valence-corrected chi connectivity index (χ0v) is 18.1. The van der Waals surface area contributed by atoms with Crippen molar-refractivity contribution in [3.8, 4) is 5.75 Å². The summed E-state index contributed by atoms with van der Waals surface area (Å²) in [5.74, 6) is 0.693. The molecule has 2 aromatic carbocycles. The Morgan fingerprint density at radius 3 is 2.68 bits per heavy atom. The predicted octanol–water partition coefficient (Wildman–Crippen LogP) is 4.42. The van der Waals surface area contributed by atoms with Gasteiger partial charge in [0.05, 0.1) is 18.0 Å². The van der Waals surface area contributed by atoms with Gasteiger partial charge in [-0.15, -0.1) is 0 Å². The van der Waals surface area contributed by atoms with Crippen LogP contribution in [-0.2, 0) is 4.79 Å². The number of nitrogen functional groups attached to an aromatic ring is 1. The summed E-state index contributed by atoms with van der Waals surface area (Å²) < 4.78 is 5.52. The zero-order chi connectivity index (χ0) is 22.2. The minimum Gasteiger partial charge on any atom is -0.494 e. The number of fused-ring (bicyclic) bond motifs is 1. The lowest BCUT2D eigenvalue weighted by atomic mass is 10.1. The van der Waals surface area contributed by atoms with E-state index in [1.165, 1.54) is 0 Å². The quantitative estimate of drug-likeness (QED) is 0.333. The molecule has 0 radical (unpaired) electrons. The number of nitrogens with two attached hydrogens (primary N) is 1. The first-order chi connectivity index (χ1) is 15.0. The number of H-pyrrole nitrogens is 1. The summed E-state index contributed by atoms with van der Waals surface area (Å²) >= 11 is 0. The minimum atomic E-state index is -0.0496. The highest BCUT2D eigenvalue weighted by Crippen LogP contribution is 2.22. The third-order valence-electron chi connectivity index (χ3n) is 5.11. The second-order valence-corrected chi connectivity index (χ2v) is 7.54. The maximum absolute atomic E-state index is 12.7. The van der Waals surface area contributed by atoms with Crippen molar-refractivity contribution in [2.45, 2.75) is 32.6 Å². The van der Waals surface area contributed by atoms with Crippen LogP contribution >= 0.6 is 0 Å². The SMILES string of the molecule is CCOc1ccc2[nH]c(C(=O)N(C)CCCCCC(=O)Nc3ccccc3N)cc2c1. The van der Waals surface area contributed by atoms with Crippen LogP contribution in [-0.4, -0.2) is 41.9 Å². The van der Waals surface area contributed by atoms with E-state index >= 15 is 0 Å². The van der Waals surface area contributed by atoms with Gasteiger partial charge in [-0.1, -0.05) is 18.6 Å². The lowest BCUT2D eigenvalue weighted by molar-refractivity contribution is -0.116. The van der Waals surface area contributed by atoms with Crippen molar-refractivity contribution in [2.75, 3.05) is 31.2 Å². The summed E-state index contributed by atoms with van der Waals surface area (Å²) in [6, 6.07) is 14.8. The number of hydrogen-bond acceptors (Lipinski definition) is 4. The highest BCUT2D eigenvalue weighted by molar-refractivity contribution is 5.98. The Hall–Kier alpha value is -3.48. The molecule has 0 unspecified atom stereocenters. The lowest BCUT2D eigenvalue weighted by Crippen LogP contribution is -2.28. The van der Waals surface area contributed by atoms with Crippen LogP contribution in [0.25, 0.3) is 10.9 Å². The molecule has 0 fully saturated rings. The first-order valence-corrected chi connectivity index (χ1v) is 10.6. The van der Waals surface area contributed by atoms with Crippen LogP contribution in [0, 0.1) is 0 Å². The van der Waals surface area contributed by atoms with E-state index in [-0.39, 0.29) is 11.8 Å². The fraction of sp³-hybridized carbons (Fsp3) is 0.333. The summed E-state index contributed by atoms with van der Waals surface area (Å²) in [7, 11) is 1.80. The van der Waals surface area contributed by atoms with Crippen molar-refractivity contribution in [3.63, 3.8) is 0 Å². The van der Waals surface area contributed by atoms with Crippen molar-refractivity contribution in [2.24, 2.45) is 0 Å². The molecule has 1 aromatic heterocycles. The van der Waals surface area contributed by atoms with Gasteiger partial charge < -0.3 is 25.7 Å². The Balaban J connectivity index is 1.41. The summed E-state index contributed by atoms with van der Waals surface area (Å²) in [5, 5.41) is 3.78. The third-order valence-corrected chi connectivity index (χ3v) is 5.11. The normalized spacial score (nSPS) is 10.8. The zero-order valence-electron chi connectivity index (χ0n) is 18.1. The van der Waals surface area contributed by atoms with Gasteiger partial charge in [0.15, 0.2) is 0 Å². The molecule has 7 nitrogen and oxygen atoms in total. The van der Waals surface area contributed by atoms with E-state index in [2.05, 4.69) is 10.3 Å². The number of rotatable bonds is 10. The van der Waals surface area contributed by atoms with Gasteiger partial charge in [-0.3, -0.25) is 9.59 Å². The van der Waals surface area contributed by atoms with Crippen LogP contribution in [0.15, 0.2) is 48.5 Å². The second-order valence-electron chi connectivity index (χ2n) is 7.54. The molecule has 0 bridgehead atoms. The molecule has 0 aliphatic carbocycles. The molecule has 0 aliphatic rings. The number of nitrogens with zero attached hydrogens (tertiary/aromatic N) is 1. The Morgan fingerprint density at radius 2 is 1.90 bits per heavy atom. The fourth-order valence-corrected chi connectivity index (χ4v) is 3.42. The van der Waals surface area contributed by atoms with E-state index in [1.54, 1.807) is 24.1 Å². The molecule has 0 atom stereocenters. The fourth-order valence-electron chi connectivity index (χ4n) is 3.42. The summed E-state index contributed by atoms with van der Waals surface area (Å²) in [6.07, 6.45) is 2.88. The standard InChI is InChI=1S/C24H30N4O3/c1-3-31-18-12-13-20-17(15-18)16-22(26-20)24(30)28(2)14-8-4-5-11-23(29)27-21-10-7-6-9-19(21)25/h6-7,9-10,12-13,15-16,26H,3-5,8,11,14,25H2,1-2H3,(H,27,29). The number of aromatic amines is 1. The van der Waals surface area contributed by atoms with Crippen molar-refractivity contribution in [1.29, 1.82) is 0 Å². The topological polar surface area (TPSA) is 100 Å². The Morgan fingerprint density at radius 1 is 1.10 bits per heavy atom.